The van der Waals surface area contributed by atoms with Crippen molar-refractivity contribution in [2.45, 2.75) is 24.8 Å². The Kier molecular flexibility index (Phi) is 6.96. The number of rotatable bonds is 9. The maximum absolute atomic E-state index is 12.6. The van der Waals surface area contributed by atoms with E-state index in [2.05, 4.69) is 14.9 Å². The van der Waals surface area contributed by atoms with Crippen molar-refractivity contribution in [1.29, 1.82) is 0 Å². The second-order valence-corrected chi connectivity index (χ2v) is 7.47. The third-order valence-electron chi connectivity index (χ3n) is 4.25. The first-order valence-corrected chi connectivity index (χ1v) is 10.0. The number of amides is 1. The van der Waals surface area contributed by atoms with Gasteiger partial charge in [-0.1, -0.05) is 13.8 Å². The minimum Gasteiger partial charge on any atom is -0.468 e. The van der Waals surface area contributed by atoms with Crippen molar-refractivity contribution >= 4 is 15.9 Å². The summed E-state index contributed by atoms with van der Waals surface area (Å²) in [6, 6.07) is 9.26. The Morgan fingerprint density at radius 3 is 2.31 bits per heavy atom. The average Bonchev–Trinajstić information content (AvgIpc) is 3.19. The van der Waals surface area contributed by atoms with Crippen LogP contribution in [0.5, 0.6) is 0 Å². The van der Waals surface area contributed by atoms with E-state index in [4.69, 9.17) is 4.42 Å². The zero-order valence-electron chi connectivity index (χ0n) is 15.2. The number of nitrogens with zero attached hydrogens (tertiary/aromatic N) is 1. The second kappa shape index (κ2) is 8.98. The summed E-state index contributed by atoms with van der Waals surface area (Å²) in [7, 11) is -2.17. The van der Waals surface area contributed by atoms with Crippen molar-refractivity contribution in [3.8, 4) is 0 Å². The smallest absolute Gasteiger partial charge is 0.251 e. The number of furan rings is 1. The van der Waals surface area contributed by atoms with Gasteiger partial charge in [-0.15, -0.1) is 0 Å². The van der Waals surface area contributed by atoms with Crippen LogP contribution in [0.4, 0.5) is 0 Å². The quantitative estimate of drug-likeness (QED) is 0.695. The number of hydrogen-bond acceptors (Lipinski definition) is 5. The molecule has 1 atom stereocenters. The molecule has 0 saturated heterocycles. The highest BCUT2D eigenvalue weighted by Gasteiger charge is 2.24. The predicted molar refractivity (Wildman–Crippen MR) is 99.4 cm³/mol. The van der Waals surface area contributed by atoms with Gasteiger partial charge in [0.1, 0.15) is 5.76 Å². The van der Waals surface area contributed by atoms with Crippen molar-refractivity contribution in [3.63, 3.8) is 0 Å². The molecule has 2 aromatic rings. The van der Waals surface area contributed by atoms with Crippen LogP contribution in [0, 0.1) is 0 Å². The fraction of sp³-hybridized carbons (Fsp3) is 0.389. The molecule has 1 aromatic carbocycles. The van der Waals surface area contributed by atoms with Crippen molar-refractivity contribution in [1.82, 2.24) is 14.9 Å². The van der Waals surface area contributed by atoms with Gasteiger partial charge in [-0.25, -0.2) is 13.1 Å². The van der Waals surface area contributed by atoms with Gasteiger partial charge in [0.15, 0.2) is 0 Å². The van der Waals surface area contributed by atoms with Gasteiger partial charge in [-0.2, -0.15) is 0 Å². The molecule has 1 heterocycles. The molecule has 26 heavy (non-hydrogen) atoms. The molecule has 0 unspecified atom stereocenters. The van der Waals surface area contributed by atoms with E-state index >= 15 is 0 Å². The number of sulfonamides is 1. The van der Waals surface area contributed by atoms with E-state index in [0.717, 1.165) is 13.1 Å². The molecule has 0 radical (unpaired) electrons. The number of likely N-dealkylation sites (N-methyl/N-ethyl adjacent to an activating group) is 1. The van der Waals surface area contributed by atoms with Crippen molar-refractivity contribution in [2.75, 3.05) is 26.7 Å². The molecule has 0 fully saturated rings. The van der Waals surface area contributed by atoms with Gasteiger partial charge in [0, 0.05) is 19.2 Å². The van der Waals surface area contributed by atoms with Gasteiger partial charge in [-0.05, 0) is 49.5 Å². The lowest BCUT2D eigenvalue weighted by Gasteiger charge is -2.28. The number of benzene rings is 1. The molecular weight excluding hydrogens is 354 g/mol. The van der Waals surface area contributed by atoms with Crippen LogP contribution >= 0.6 is 0 Å². The van der Waals surface area contributed by atoms with Crippen LogP contribution in [0.1, 0.15) is 36.0 Å². The van der Waals surface area contributed by atoms with E-state index in [1.54, 1.807) is 12.3 Å². The lowest BCUT2D eigenvalue weighted by Crippen LogP contribution is -2.37. The SMILES string of the molecule is CCN(CC)[C@@H](CNS(=O)(=O)c1ccc(C(=O)NC)cc1)c1ccco1. The third-order valence-corrected chi connectivity index (χ3v) is 5.68. The van der Waals surface area contributed by atoms with Crippen LogP contribution in [-0.2, 0) is 10.0 Å². The minimum atomic E-state index is -3.70. The van der Waals surface area contributed by atoms with Crippen LogP contribution in [-0.4, -0.2) is 45.9 Å². The molecule has 2 N–H and O–H groups in total. The standard InChI is InChI=1S/C18H25N3O4S/c1-4-21(5-2)16(17-7-6-12-25-17)13-20-26(23,24)15-10-8-14(9-11-15)18(22)19-3/h6-12,16,20H,4-5,13H2,1-3H3,(H,19,22)/t16-/m0/s1. The summed E-state index contributed by atoms with van der Waals surface area (Å²) in [5.41, 5.74) is 0.406. The number of hydrogen-bond donors (Lipinski definition) is 2. The molecular formula is C18H25N3O4S. The summed E-state index contributed by atoms with van der Waals surface area (Å²) in [5.74, 6) is 0.452. The van der Waals surface area contributed by atoms with E-state index in [0.29, 0.717) is 11.3 Å². The highest BCUT2D eigenvalue weighted by atomic mass is 32.2. The summed E-state index contributed by atoms with van der Waals surface area (Å²) < 4.78 is 33.3. The fourth-order valence-corrected chi connectivity index (χ4v) is 3.80. The van der Waals surface area contributed by atoms with Crippen LogP contribution in [0.25, 0.3) is 0 Å². The Bertz CT molecular complexity index is 797. The first-order valence-electron chi connectivity index (χ1n) is 8.52. The third kappa shape index (κ3) is 4.72. The second-order valence-electron chi connectivity index (χ2n) is 5.71. The molecule has 8 heteroatoms. The monoisotopic (exact) mass is 379 g/mol. The zero-order chi connectivity index (χ0) is 19.2. The maximum atomic E-state index is 12.6. The Hall–Kier alpha value is -2.16. The Labute approximate surface area is 154 Å². The van der Waals surface area contributed by atoms with Crippen LogP contribution in [0.15, 0.2) is 52.0 Å². The summed E-state index contributed by atoms with van der Waals surface area (Å²) in [5, 5.41) is 2.50. The summed E-state index contributed by atoms with van der Waals surface area (Å²) >= 11 is 0. The van der Waals surface area contributed by atoms with Crippen molar-refractivity contribution in [3.05, 3.63) is 54.0 Å². The van der Waals surface area contributed by atoms with Gasteiger partial charge in [0.05, 0.1) is 17.2 Å². The summed E-state index contributed by atoms with van der Waals surface area (Å²) in [6.07, 6.45) is 1.58. The van der Waals surface area contributed by atoms with E-state index in [1.165, 1.54) is 31.3 Å². The molecule has 0 spiro atoms. The lowest BCUT2D eigenvalue weighted by atomic mass is 10.2. The van der Waals surface area contributed by atoms with Crippen LogP contribution in [0.3, 0.4) is 0 Å². The molecule has 0 aliphatic rings. The van der Waals surface area contributed by atoms with Crippen LogP contribution in [0.2, 0.25) is 0 Å². The highest BCUT2D eigenvalue weighted by Crippen LogP contribution is 2.21. The molecule has 1 amide bonds. The maximum Gasteiger partial charge on any atom is 0.251 e. The Morgan fingerprint density at radius 2 is 1.81 bits per heavy atom. The van der Waals surface area contributed by atoms with E-state index in [-0.39, 0.29) is 23.4 Å². The molecule has 0 aliphatic carbocycles. The normalized spacial score (nSPS) is 12.9. The Morgan fingerprint density at radius 1 is 1.15 bits per heavy atom. The summed E-state index contributed by atoms with van der Waals surface area (Å²) in [6.45, 7) is 5.76. The van der Waals surface area contributed by atoms with Gasteiger partial charge in [0.25, 0.3) is 5.91 Å². The van der Waals surface area contributed by atoms with Gasteiger partial charge < -0.3 is 9.73 Å². The Balaban J connectivity index is 2.15. The molecule has 0 bridgehead atoms. The fourth-order valence-electron chi connectivity index (χ4n) is 2.76. The molecule has 142 valence electrons. The van der Waals surface area contributed by atoms with Gasteiger partial charge in [0.2, 0.25) is 10.0 Å². The zero-order valence-corrected chi connectivity index (χ0v) is 16.0. The minimum absolute atomic E-state index is 0.114. The van der Waals surface area contributed by atoms with Gasteiger partial charge >= 0.3 is 0 Å². The van der Waals surface area contributed by atoms with E-state index in [9.17, 15) is 13.2 Å². The number of carbonyl (C=O) groups is 1. The summed E-state index contributed by atoms with van der Waals surface area (Å²) in [4.78, 5) is 13.8. The molecule has 0 aliphatic heterocycles. The predicted octanol–water partition coefficient (Wildman–Crippen LogP) is 2.00. The molecule has 0 saturated carbocycles. The number of nitrogens with one attached hydrogen (secondary N) is 2. The van der Waals surface area contributed by atoms with Crippen LogP contribution < -0.4 is 10.0 Å². The lowest BCUT2D eigenvalue weighted by molar-refractivity contribution is 0.0963. The number of carbonyl (C=O) groups excluding carboxylic acids is 1. The largest absolute Gasteiger partial charge is 0.468 e. The van der Waals surface area contributed by atoms with Crippen molar-refractivity contribution in [2.24, 2.45) is 0 Å². The van der Waals surface area contributed by atoms with E-state index in [1.807, 2.05) is 19.9 Å². The highest BCUT2D eigenvalue weighted by molar-refractivity contribution is 7.89. The molecule has 1 aromatic heterocycles. The van der Waals surface area contributed by atoms with Gasteiger partial charge in [-0.3, -0.25) is 9.69 Å². The topological polar surface area (TPSA) is 91.7 Å². The first-order chi connectivity index (χ1) is 12.4. The molecule has 7 nitrogen and oxygen atoms in total. The van der Waals surface area contributed by atoms with Crippen molar-refractivity contribution < 1.29 is 17.6 Å². The average molecular weight is 379 g/mol. The first kappa shape index (κ1) is 20.2. The molecule has 2 rings (SSSR count). The van der Waals surface area contributed by atoms with E-state index < -0.39 is 10.0 Å².